The predicted octanol–water partition coefficient (Wildman–Crippen LogP) is 2.52. The van der Waals surface area contributed by atoms with Crippen LogP contribution in [-0.2, 0) is 4.74 Å². The van der Waals surface area contributed by atoms with Gasteiger partial charge in [0.05, 0.1) is 13.2 Å². The number of anilines is 1. The molecule has 1 fully saturated rings. The maximum absolute atomic E-state index is 12.1. The average molecular weight is 309 g/mol. The second-order valence-corrected chi connectivity index (χ2v) is 5.48. The van der Waals surface area contributed by atoms with Gasteiger partial charge in [0.15, 0.2) is 5.78 Å². The van der Waals surface area contributed by atoms with Crippen molar-refractivity contribution in [2.75, 3.05) is 31.2 Å². The highest BCUT2D eigenvalue weighted by molar-refractivity contribution is 6.06. The lowest BCUT2D eigenvalue weighted by atomic mass is 10.1. The second-order valence-electron chi connectivity index (χ2n) is 5.48. The first-order chi connectivity index (χ1) is 11.2. The molecule has 2 heterocycles. The molecule has 0 aliphatic carbocycles. The fourth-order valence-corrected chi connectivity index (χ4v) is 2.33. The lowest BCUT2D eigenvalue weighted by molar-refractivity contribution is 0.104. The minimum atomic E-state index is -0.0257. The Bertz CT molecular complexity index is 687. The van der Waals surface area contributed by atoms with Crippen molar-refractivity contribution in [3.8, 4) is 0 Å². The molecule has 3 rings (SSSR count). The molecule has 0 unspecified atom stereocenters. The van der Waals surface area contributed by atoms with Crippen LogP contribution in [0, 0.1) is 6.92 Å². The molecule has 5 nitrogen and oxygen atoms in total. The van der Waals surface area contributed by atoms with Gasteiger partial charge in [0.25, 0.3) is 0 Å². The van der Waals surface area contributed by atoms with Crippen LogP contribution in [0.4, 0.5) is 5.95 Å². The molecule has 23 heavy (non-hydrogen) atoms. The van der Waals surface area contributed by atoms with Gasteiger partial charge in [-0.15, -0.1) is 0 Å². The number of carbonyl (C=O) groups is 1. The van der Waals surface area contributed by atoms with Crippen LogP contribution < -0.4 is 4.90 Å². The van der Waals surface area contributed by atoms with Gasteiger partial charge in [0, 0.05) is 36.6 Å². The quantitative estimate of drug-likeness (QED) is 0.641. The van der Waals surface area contributed by atoms with Crippen molar-refractivity contribution >= 4 is 17.8 Å². The van der Waals surface area contributed by atoms with Crippen LogP contribution in [0.25, 0.3) is 6.08 Å². The summed E-state index contributed by atoms with van der Waals surface area (Å²) in [7, 11) is 0. The van der Waals surface area contributed by atoms with Crippen LogP contribution in [0.3, 0.4) is 0 Å². The first kappa shape index (κ1) is 15.4. The molecule has 0 bridgehead atoms. The predicted molar refractivity (Wildman–Crippen MR) is 89.6 cm³/mol. The van der Waals surface area contributed by atoms with Crippen molar-refractivity contribution in [3.05, 3.63) is 59.4 Å². The first-order valence-corrected chi connectivity index (χ1v) is 7.66. The summed E-state index contributed by atoms with van der Waals surface area (Å²) in [6, 6.07) is 7.53. The third-order valence-corrected chi connectivity index (χ3v) is 3.72. The van der Waals surface area contributed by atoms with Gasteiger partial charge in [0.2, 0.25) is 5.95 Å². The van der Waals surface area contributed by atoms with E-state index >= 15 is 0 Å². The van der Waals surface area contributed by atoms with E-state index in [2.05, 4.69) is 14.9 Å². The summed E-state index contributed by atoms with van der Waals surface area (Å²) in [6.07, 6.45) is 6.76. The Hall–Kier alpha value is -2.53. The number of ketones is 1. The lowest BCUT2D eigenvalue weighted by Crippen LogP contribution is -2.37. The Balaban J connectivity index is 1.65. The maximum Gasteiger partial charge on any atom is 0.225 e. The van der Waals surface area contributed by atoms with E-state index in [4.69, 9.17) is 4.74 Å². The van der Waals surface area contributed by atoms with Crippen LogP contribution >= 0.6 is 0 Å². The monoisotopic (exact) mass is 309 g/mol. The Morgan fingerprint density at radius 3 is 2.43 bits per heavy atom. The van der Waals surface area contributed by atoms with Gasteiger partial charge in [-0.05, 0) is 19.1 Å². The summed E-state index contributed by atoms with van der Waals surface area (Å²) in [6.45, 7) is 5.02. The van der Waals surface area contributed by atoms with Crippen LogP contribution in [0.1, 0.15) is 21.5 Å². The molecule has 0 saturated carbocycles. The zero-order valence-electron chi connectivity index (χ0n) is 13.1. The Morgan fingerprint density at radius 2 is 1.78 bits per heavy atom. The van der Waals surface area contributed by atoms with Crippen molar-refractivity contribution in [2.45, 2.75) is 6.92 Å². The van der Waals surface area contributed by atoms with E-state index in [1.165, 1.54) is 0 Å². The van der Waals surface area contributed by atoms with E-state index < -0.39 is 0 Å². The van der Waals surface area contributed by atoms with E-state index in [0.717, 1.165) is 24.2 Å². The summed E-state index contributed by atoms with van der Waals surface area (Å²) in [5.74, 6) is 0.678. The molecule has 1 aliphatic heterocycles. The van der Waals surface area contributed by atoms with Gasteiger partial charge < -0.3 is 9.64 Å². The first-order valence-electron chi connectivity index (χ1n) is 7.66. The summed E-state index contributed by atoms with van der Waals surface area (Å²) in [5.41, 5.74) is 2.62. The molecule has 1 aliphatic rings. The highest BCUT2D eigenvalue weighted by atomic mass is 16.5. The molecule has 1 aromatic heterocycles. The fourth-order valence-electron chi connectivity index (χ4n) is 2.33. The molecule has 2 aromatic rings. The van der Waals surface area contributed by atoms with E-state index in [-0.39, 0.29) is 5.78 Å². The number of benzene rings is 1. The number of allylic oxidation sites excluding steroid dienone is 1. The van der Waals surface area contributed by atoms with Crippen LogP contribution in [-0.4, -0.2) is 42.1 Å². The van der Waals surface area contributed by atoms with Crippen molar-refractivity contribution in [3.63, 3.8) is 0 Å². The third-order valence-electron chi connectivity index (χ3n) is 3.72. The highest BCUT2D eigenvalue weighted by Gasteiger charge is 2.12. The number of ether oxygens (including phenoxy) is 1. The van der Waals surface area contributed by atoms with Gasteiger partial charge in [0.1, 0.15) is 0 Å². The highest BCUT2D eigenvalue weighted by Crippen LogP contribution is 2.11. The number of aryl methyl sites for hydroxylation is 1. The molecule has 0 amide bonds. The number of carbonyl (C=O) groups excluding carboxylic acids is 1. The smallest absolute Gasteiger partial charge is 0.225 e. The summed E-state index contributed by atoms with van der Waals surface area (Å²) in [4.78, 5) is 22.9. The van der Waals surface area contributed by atoms with Crippen LogP contribution in [0.15, 0.2) is 42.7 Å². The largest absolute Gasteiger partial charge is 0.378 e. The third kappa shape index (κ3) is 4.02. The van der Waals surface area contributed by atoms with Gasteiger partial charge in [-0.3, -0.25) is 4.79 Å². The van der Waals surface area contributed by atoms with Crippen molar-refractivity contribution in [2.24, 2.45) is 0 Å². The van der Waals surface area contributed by atoms with Gasteiger partial charge in [-0.2, -0.15) is 0 Å². The average Bonchev–Trinajstić information content (AvgIpc) is 2.61. The normalized spacial score (nSPS) is 15.1. The Kier molecular flexibility index (Phi) is 4.78. The SMILES string of the molecule is Cc1ccc(C(=O)C=Cc2cnc(N3CCOCC3)nc2)cc1. The standard InChI is InChI=1S/C18H19N3O2/c1-14-2-5-16(6-3-14)17(22)7-4-15-12-19-18(20-13-15)21-8-10-23-11-9-21/h2-7,12-13H,8-11H2,1H3. The topological polar surface area (TPSA) is 55.3 Å². The molecule has 0 atom stereocenters. The number of hydrogen-bond donors (Lipinski definition) is 0. The van der Waals surface area contributed by atoms with Crippen molar-refractivity contribution < 1.29 is 9.53 Å². The molecule has 118 valence electrons. The second kappa shape index (κ2) is 7.15. The number of rotatable bonds is 4. The molecule has 0 spiro atoms. The Morgan fingerprint density at radius 1 is 1.13 bits per heavy atom. The number of aromatic nitrogens is 2. The minimum Gasteiger partial charge on any atom is -0.378 e. The maximum atomic E-state index is 12.1. The number of nitrogens with zero attached hydrogens (tertiary/aromatic N) is 3. The van der Waals surface area contributed by atoms with Crippen molar-refractivity contribution in [1.82, 2.24) is 9.97 Å². The molecule has 0 radical (unpaired) electrons. The van der Waals surface area contributed by atoms with Crippen LogP contribution in [0.5, 0.6) is 0 Å². The molecule has 1 aromatic carbocycles. The van der Waals surface area contributed by atoms with E-state index in [0.29, 0.717) is 24.7 Å². The van der Waals surface area contributed by atoms with Gasteiger partial charge >= 0.3 is 0 Å². The molecule has 1 saturated heterocycles. The minimum absolute atomic E-state index is 0.0257. The fraction of sp³-hybridized carbons (Fsp3) is 0.278. The summed E-state index contributed by atoms with van der Waals surface area (Å²) >= 11 is 0. The summed E-state index contributed by atoms with van der Waals surface area (Å²) < 4.78 is 5.31. The van der Waals surface area contributed by atoms with Gasteiger partial charge in [-0.25, -0.2) is 9.97 Å². The van der Waals surface area contributed by atoms with E-state index in [1.807, 2.05) is 31.2 Å². The summed E-state index contributed by atoms with van der Waals surface area (Å²) in [5, 5.41) is 0. The zero-order valence-corrected chi connectivity index (χ0v) is 13.1. The number of morpholine rings is 1. The van der Waals surface area contributed by atoms with Crippen molar-refractivity contribution in [1.29, 1.82) is 0 Å². The number of hydrogen-bond acceptors (Lipinski definition) is 5. The van der Waals surface area contributed by atoms with Crippen LogP contribution in [0.2, 0.25) is 0 Å². The molecule has 0 N–H and O–H groups in total. The van der Waals surface area contributed by atoms with E-state index in [9.17, 15) is 4.79 Å². The molecule has 5 heteroatoms. The lowest BCUT2D eigenvalue weighted by Gasteiger charge is -2.26. The Labute approximate surface area is 135 Å². The molecular weight excluding hydrogens is 290 g/mol. The zero-order chi connectivity index (χ0) is 16.1. The van der Waals surface area contributed by atoms with E-state index in [1.54, 1.807) is 24.5 Å². The van der Waals surface area contributed by atoms with Gasteiger partial charge in [-0.1, -0.05) is 29.8 Å². The molecular formula is C18H19N3O2.